The zero-order valence-corrected chi connectivity index (χ0v) is 18.9. The molecule has 0 radical (unpaired) electrons. The van der Waals surface area contributed by atoms with Gasteiger partial charge in [-0.15, -0.1) is 0 Å². The van der Waals surface area contributed by atoms with Crippen LogP contribution in [-0.4, -0.2) is 37.5 Å². The minimum Gasteiger partial charge on any atom is -0.486 e. The molecule has 1 unspecified atom stereocenters. The van der Waals surface area contributed by atoms with E-state index in [4.69, 9.17) is 9.47 Å². The zero-order chi connectivity index (χ0) is 23.4. The highest BCUT2D eigenvalue weighted by Crippen LogP contribution is 2.36. The number of ether oxygens (including phenoxy) is 2. The fourth-order valence-corrected chi connectivity index (χ4v) is 4.01. The van der Waals surface area contributed by atoms with E-state index in [1.807, 2.05) is 44.2 Å². The molecule has 2 aliphatic heterocycles. The second-order valence-electron chi connectivity index (χ2n) is 8.80. The molecule has 174 valence electrons. The van der Waals surface area contributed by atoms with Crippen molar-refractivity contribution in [2.75, 3.05) is 30.0 Å². The molecule has 1 fully saturated rings. The molecule has 8 nitrogen and oxygen atoms in total. The van der Waals surface area contributed by atoms with Crippen molar-refractivity contribution in [1.29, 1.82) is 0 Å². The number of hydrogen-bond acceptors (Lipinski definition) is 5. The Hall–Kier alpha value is -3.55. The Balaban J connectivity index is 1.33. The van der Waals surface area contributed by atoms with Crippen molar-refractivity contribution < 1.29 is 23.9 Å². The molecule has 0 spiro atoms. The number of rotatable bonds is 7. The average Bonchev–Trinajstić information content (AvgIpc) is 3.18. The third kappa shape index (κ3) is 5.63. The van der Waals surface area contributed by atoms with Gasteiger partial charge in [-0.1, -0.05) is 26.0 Å². The third-order valence-electron chi connectivity index (χ3n) is 5.60. The summed E-state index contributed by atoms with van der Waals surface area (Å²) in [6.45, 7) is 5.60. The number of carbonyl (C=O) groups is 3. The maximum absolute atomic E-state index is 12.8. The molecule has 0 bridgehead atoms. The smallest absolute Gasteiger partial charge is 0.227 e. The molecule has 1 atom stereocenters. The van der Waals surface area contributed by atoms with Crippen molar-refractivity contribution in [2.24, 2.45) is 11.8 Å². The number of benzene rings is 2. The molecule has 4 rings (SSSR count). The lowest BCUT2D eigenvalue weighted by atomic mass is 10.1. The summed E-state index contributed by atoms with van der Waals surface area (Å²) in [6.07, 6.45) is 0.613. The normalized spacial score (nSPS) is 17.2. The van der Waals surface area contributed by atoms with Crippen LogP contribution in [0.2, 0.25) is 0 Å². The first-order valence-corrected chi connectivity index (χ1v) is 11.3. The summed E-state index contributed by atoms with van der Waals surface area (Å²) in [4.78, 5) is 39.0. The van der Waals surface area contributed by atoms with Gasteiger partial charge in [-0.3, -0.25) is 14.4 Å². The summed E-state index contributed by atoms with van der Waals surface area (Å²) in [7, 11) is 0. The van der Waals surface area contributed by atoms with Gasteiger partial charge in [0.2, 0.25) is 17.7 Å². The van der Waals surface area contributed by atoms with E-state index in [0.717, 1.165) is 5.56 Å². The highest BCUT2D eigenvalue weighted by Gasteiger charge is 2.35. The van der Waals surface area contributed by atoms with Crippen LogP contribution in [0.4, 0.5) is 11.4 Å². The highest BCUT2D eigenvalue weighted by molar-refractivity contribution is 6.00. The predicted molar refractivity (Wildman–Crippen MR) is 124 cm³/mol. The van der Waals surface area contributed by atoms with Gasteiger partial charge in [-0.25, -0.2) is 0 Å². The number of hydrogen-bond donors (Lipinski definition) is 2. The first-order valence-electron chi connectivity index (χ1n) is 11.3. The van der Waals surface area contributed by atoms with Gasteiger partial charge in [-0.05, 0) is 35.7 Å². The lowest BCUT2D eigenvalue weighted by Crippen LogP contribution is -2.32. The van der Waals surface area contributed by atoms with Crippen LogP contribution in [0.15, 0.2) is 42.5 Å². The summed E-state index contributed by atoms with van der Waals surface area (Å²) in [6, 6.07) is 12.8. The highest BCUT2D eigenvalue weighted by atomic mass is 16.6. The lowest BCUT2D eigenvalue weighted by molar-refractivity contribution is -0.126. The van der Waals surface area contributed by atoms with Gasteiger partial charge in [0.05, 0.1) is 5.92 Å². The molecule has 0 aliphatic carbocycles. The van der Waals surface area contributed by atoms with Gasteiger partial charge in [0, 0.05) is 43.4 Å². The quantitative estimate of drug-likeness (QED) is 0.674. The molecule has 3 amide bonds. The Morgan fingerprint density at radius 1 is 1.09 bits per heavy atom. The van der Waals surface area contributed by atoms with Gasteiger partial charge in [-0.2, -0.15) is 0 Å². The van der Waals surface area contributed by atoms with Crippen LogP contribution in [0.5, 0.6) is 11.5 Å². The van der Waals surface area contributed by atoms with E-state index in [1.165, 1.54) is 0 Å². The molecule has 1 saturated heterocycles. The summed E-state index contributed by atoms with van der Waals surface area (Å²) in [5, 5.41) is 5.81. The fourth-order valence-electron chi connectivity index (χ4n) is 4.01. The molecule has 0 aromatic heterocycles. The Labute approximate surface area is 193 Å². The SMILES string of the molecule is CC(C)CC(=O)Nc1cccc(CNC(=O)C2CC(=O)N(c3ccc4c(c3)OCCO4)C2)c1. The molecule has 2 aliphatic rings. The topological polar surface area (TPSA) is 97.0 Å². The molecule has 2 heterocycles. The zero-order valence-electron chi connectivity index (χ0n) is 18.9. The van der Waals surface area contributed by atoms with Crippen molar-refractivity contribution in [3.05, 3.63) is 48.0 Å². The first kappa shape index (κ1) is 22.6. The van der Waals surface area contributed by atoms with E-state index in [2.05, 4.69) is 10.6 Å². The number of nitrogens with zero attached hydrogens (tertiary/aromatic N) is 1. The van der Waals surface area contributed by atoms with Gasteiger partial charge < -0.3 is 25.0 Å². The van der Waals surface area contributed by atoms with E-state index in [1.54, 1.807) is 17.0 Å². The molecular weight excluding hydrogens is 422 g/mol. The number of anilines is 2. The maximum Gasteiger partial charge on any atom is 0.227 e. The van der Waals surface area contributed by atoms with Crippen molar-refractivity contribution in [3.8, 4) is 11.5 Å². The second-order valence-corrected chi connectivity index (χ2v) is 8.80. The Bertz CT molecular complexity index is 1050. The van der Waals surface area contributed by atoms with Crippen LogP contribution in [0.1, 0.15) is 32.3 Å². The molecule has 8 heteroatoms. The van der Waals surface area contributed by atoms with Gasteiger partial charge >= 0.3 is 0 Å². The van der Waals surface area contributed by atoms with Crippen LogP contribution < -0.4 is 25.0 Å². The van der Waals surface area contributed by atoms with E-state index >= 15 is 0 Å². The largest absolute Gasteiger partial charge is 0.486 e. The number of nitrogens with one attached hydrogen (secondary N) is 2. The monoisotopic (exact) mass is 451 g/mol. The van der Waals surface area contributed by atoms with E-state index in [-0.39, 0.29) is 30.1 Å². The molecule has 2 aromatic rings. The first-order chi connectivity index (χ1) is 15.9. The standard InChI is InChI=1S/C25H29N3O5/c1-16(2)10-23(29)27-19-5-3-4-17(11-19)14-26-25(31)18-12-24(30)28(15-18)20-6-7-21-22(13-20)33-9-8-32-21/h3-7,11,13,16,18H,8-10,12,14-15H2,1-2H3,(H,26,31)(H,27,29). The predicted octanol–water partition coefficient (Wildman–Crippen LogP) is 3.11. The Morgan fingerprint density at radius 2 is 1.88 bits per heavy atom. The van der Waals surface area contributed by atoms with Crippen LogP contribution in [0.25, 0.3) is 0 Å². The van der Waals surface area contributed by atoms with Crippen LogP contribution in [0, 0.1) is 11.8 Å². The minimum absolute atomic E-state index is 0.0325. The van der Waals surface area contributed by atoms with E-state index in [9.17, 15) is 14.4 Å². The van der Waals surface area contributed by atoms with Crippen molar-refractivity contribution in [1.82, 2.24) is 5.32 Å². The summed E-state index contributed by atoms with van der Waals surface area (Å²) >= 11 is 0. The van der Waals surface area contributed by atoms with Gasteiger partial charge in [0.15, 0.2) is 11.5 Å². The number of amides is 3. The van der Waals surface area contributed by atoms with E-state index in [0.29, 0.717) is 55.6 Å². The Morgan fingerprint density at radius 3 is 2.67 bits per heavy atom. The number of fused-ring (bicyclic) bond motifs is 1. The summed E-state index contributed by atoms with van der Waals surface area (Å²) in [5.74, 6) is 0.825. The number of carbonyl (C=O) groups excluding carboxylic acids is 3. The molecule has 33 heavy (non-hydrogen) atoms. The van der Waals surface area contributed by atoms with Crippen molar-refractivity contribution in [2.45, 2.75) is 33.2 Å². The molecular formula is C25H29N3O5. The second kappa shape index (κ2) is 9.94. The third-order valence-corrected chi connectivity index (χ3v) is 5.60. The van der Waals surface area contributed by atoms with Crippen molar-refractivity contribution >= 4 is 29.1 Å². The molecule has 2 N–H and O–H groups in total. The Kier molecular flexibility index (Phi) is 6.82. The maximum atomic E-state index is 12.8. The van der Waals surface area contributed by atoms with Crippen LogP contribution >= 0.6 is 0 Å². The molecule has 2 aromatic carbocycles. The van der Waals surface area contributed by atoms with Gasteiger partial charge in [0.25, 0.3) is 0 Å². The van der Waals surface area contributed by atoms with Crippen LogP contribution in [0.3, 0.4) is 0 Å². The summed E-state index contributed by atoms with van der Waals surface area (Å²) in [5.41, 5.74) is 2.27. The van der Waals surface area contributed by atoms with E-state index < -0.39 is 5.92 Å². The van der Waals surface area contributed by atoms with Crippen LogP contribution in [-0.2, 0) is 20.9 Å². The average molecular weight is 452 g/mol. The summed E-state index contributed by atoms with van der Waals surface area (Å²) < 4.78 is 11.1. The fraction of sp³-hybridized carbons (Fsp3) is 0.400. The lowest BCUT2D eigenvalue weighted by Gasteiger charge is -2.22. The molecule has 0 saturated carbocycles. The minimum atomic E-state index is -0.431. The van der Waals surface area contributed by atoms with Gasteiger partial charge in [0.1, 0.15) is 13.2 Å². The van der Waals surface area contributed by atoms with Crippen molar-refractivity contribution in [3.63, 3.8) is 0 Å².